The van der Waals surface area contributed by atoms with E-state index in [9.17, 15) is 9.50 Å². The van der Waals surface area contributed by atoms with Gasteiger partial charge in [0.1, 0.15) is 17.5 Å². The Morgan fingerprint density at radius 1 is 1.12 bits per heavy atom. The molecule has 3 atom stereocenters. The summed E-state index contributed by atoms with van der Waals surface area (Å²) in [5.41, 5.74) is -0.521. The largest absolute Gasteiger partial charge is 0.390 e. The second-order valence-electron chi connectivity index (χ2n) is 10.0. The Labute approximate surface area is 199 Å². The number of aromatic nitrogens is 4. The molecule has 0 amide bonds. The lowest BCUT2D eigenvalue weighted by atomic mass is 9.94. The third-order valence-electron chi connectivity index (χ3n) is 7.04. The van der Waals surface area contributed by atoms with Crippen molar-refractivity contribution in [3.8, 4) is 0 Å². The smallest absolute Gasteiger partial charge is 0.227 e. The highest BCUT2D eigenvalue weighted by molar-refractivity contribution is 5.96. The summed E-state index contributed by atoms with van der Waals surface area (Å²) in [4.78, 5) is 22.5. The number of anilines is 4. The molecule has 2 aliphatic rings. The van der Waals surface area contributed by atoms with Gasteiger partial charge >= 0.3 is 0 Å². The van der Waals surface area contributed by atoms with E-state index in [-0.39, 0.29) is 6.54 Å². The summed E-state index contributed by atoms with van der Waals surface area (Å²) >= 11 is 0. The number of hydrogen-bond acceptors (Lipinski definition) is 8. The van der Waals surface area contributed by atoms with Crippen molar-refractivity contribution in [1.82, 2.24) is 19.9 Å². The second kappa shape index (κ2) is 8.61. The van der Waals surface area contributed by atoms with Gasteiger partial charge in [0.05, 0.1) is 12.6 Å². The Balaban J connectivity index is 1.44. The van der Waals surface area contributed by atoms with E-state index in [0.29, 0.717) is 42.5 Å². The standard InChI is InChI=1S/C25H32FN7O/c1-15(2)18-12-29-23(33-10-6-16(33)3)19-13-28-22(11-17(18)19)30-21-5-8-27-24(31-21)32-9-7-20(34)25(4,26)14-32/h5,8,11-13,15-16,20,34H,6-7,9-10,14H2,1-4H3,(H,27,28,30,31)/t16-,20+,25-/m0/s1. The van der Waals surface area contributed by atoms with Crippen molar-refractivity contribution in [1.29, 1.82) is 0 Å². The van der Waals surface area contributed by atoms with Crippen LogP contribution in [-0.4, -0.2) is 62.5 Å². The Morgan fingerprint density at radius 2 is 1.94 bits per heavy atom. The van der Waals surface area contributed by atoms with Crippen LogP contribution in [0.5, 0.6) is 0 Å². The van der Waals surface area contributed by atoms with E-state index in [4.69, 9.17) is 4.98 Å². The van der Waals surface area contributed by atoms with Crippen LogP contribution < -0.4 is 15.1 Å². The molecular weight excluding hydrogens is 433 g/mol. The van der Waals surface area contributed by atoms with Gasteiger partial charge in [0.15, 0.2) is 5.67 Å². The number of nitrogens with one attached hydrogen (secondary N) is 1. The monoisotopic (exact) mass is 465 g/mol. The number of nitrogens with zero attached hydrogens (tertiary/aromatic N) is 6. The van der Waals surface area contributed by atoms with Crippen molar-refractivity contribution in [3.63, 3.8) is 0 Å². The number of hydrogen-bond donors (Lipinski definition) is 2. The van der Waals surface area contributed by atoms with E-state index in [1.807, 2.05) is 12.4 Å². The van der Waals surface area contributed by atoms with Gasteiger partial charge in [-0.3, -0.25) is 0 Å². The number of aliphatic hydroxyl groups excluding tert-OH is 1. The molecule has 2 aliphatic heterocycles. The fraction of sp³-hybridized carbons (Fsp3) is 0.520. The Hall–Kier alpha value is -3.07. The van der Waals surface area contributed by atoms with Crippen LogP contribution in [0.2, 0.25) is 0 Å². The van der Waals surface area contributed by atoms with E-state index < -0.39 is 11.8 Å². The molecule has 3 aromatic rings. The van der Waals surface area contributed by atoms with Crippen LogP contribution >= 0.6 is 0 Å². The number of alkyl halides is 1. The molecule has 5 heterocycles. The maximum atomic E-state index is 14.7. The van der Waals surface area contributed by atoms with Crippen molar-refractivity contribution in [2.45, 2.75) is 64.3 Å². The van der Waals surface area contributed by atoms with Gasteiger partial charge < -0.3 is 20.2 Å². The molecule has 3 aromatic heterocycles. The summed E-state index contributed by atoms with van der Waals surface area (Å²) < 4.78 is 14.7. The lowest BCUT2D eigenvalue weighted by Gasteiger charge is -2.40. The first-order valence-corrected chi connectivity index (χ1v) is 12.0. The number of pyridine rings is 2. The third-order valence-corrected chi connectivity index (χ3v) is 7.04. The van der Waals surface area contributed by atoms with E-state index in [2.05, 4.69) is 52.0 Å². The number of aliphatic hydroxyl groups is 1. The molecule has 9 heteroatoms. The molecule has 0 spiro atoms. The maximum Gasteiger partial charge on any atom is 0.227 e. The van der Waals surface area contributed by atoms with Gasteiger partial charge in [0, 0.05) is 43.1 Å². The fourth-order valence-corrected chi connectivity index (χ4v) is 4.74. The second-order valence-corrected chi connectivity index (χ2v) is 10.0. The summed E-state index contributed by atoms with van der Waals surface area (Å²) in [5.74, 6) is 3.01. The molecule has 0 bridgehead atoms. The molecule has 2 N–H and O–H groups in total. The highest BCUT2D eigenvalue weighted by Gasteiger charge is 2.39. The van der Waals surface area contributed by atoms with Gasteiger partial charge in [-0.25, -0.2) is 19.3 Å². The normalized spacial score (nSPS) is 25.0. The van der Waals surface area contributed by atoms with Gasteiger partial charge in [0.2, 0.25) is 5.95 Å². The average molecular weight is 466 g/mol. The van der Waals surface area contributed by atoms with E-state index in [0.717, 1.165) is 23.1 Å². The minimum absolute atomic E-state index is 0.0499. The van der Waals surface area contributed by atoms with Crippen LogP contribution in [0.4, 0.5) is 27.8 Å². The minimum Gasteiger partial charge on any atom is -0.390 e. The summed E-state index contributed by atoms with van der Waals surface area (Å²) in [6.45, 7) is 9.54. The molecule has 5 rings (SSSR count). The molecule has 0 aromatic carbocycles. The van der Waals surface area contributed by atoms with Crippen LogP contribution in [0.25, 0.3) is 10.8 Å². The minimum atomic E-state index is -1.70. The zero-order chi connectivity index (χ0) is 24.0. The van der Waals surface area contributed by atoms with Crippen molar-refractivity contribution >= 4 is 34.2 Å². The topological polar surface area (TPSA) is 90.3 Å². The fourth-order valence-electron chi connectivity index (χ4n) is 4.74. The van der Waals surface area contributed by atoms with Crippen LogP contribution in [0.1, 0.15) is 52.0 Å². The zero-order valence-electron chi connectivity index (χ0n) is 20.2. The number of fused-ring (bicyclic) bond motifs is 1. The lowest BCUT2D eigenvalue weighted by Crippen LogP contribution is -2.52. The molecular formula is C25H32FN7O. The van der Waals surface area contributed by atoms with Gasteiger partial charge in [-0.1, -0.05) is 13.8 Å². The highest BCUT2D eigenvalue weighted by atomic mass is 19.1. The molecule has 34 heavy (non-hydrogen) atoms. The quantitative estimate of drug-likeness (QED) is 0.580. The Morgan fingerprint density at radius 3 is 2.62 bits per heavy atom. The predicted molar refractivity (Wildman–Crippen MR) is 133 cm³/mol. The molecule has 0 saturated carbocycles. The van der Waals surface area contributed by atoms with Crippen molar-refractivity contribution in [2.24, 2.45) is 0 Å². The van der Waals surface area contributed by atoms with Crippen LogP contribution in [-0.2, 0) is 0 Å². The van der Waals surface area contributed by atoms with Crippen molar-refractivity contribution < 1.29 is 9.50 Å². The lowest BCUT2D eigenvalue weighted by molar-refractivity contribution is -0.00860. The van der Waals surface area contributed by atoms with Crippen molar-refractivity contribution in [3.05, 3.63) is 36.3 Å². The first kappa shape index (κ1) is 22.7. The van der Waals surface area contributed by atoms with E-state index in [1.54, 1.807) is 17.2 Å². The summed E-state index contributed by atoms with van der Waals surface area (Å²) in [5, 5.41) is 15.4. The first-order chi connectivity index (χ1) is 16.2. The van der Waals surface area contributed by atoms with Gasteiger partial charge in [-0.05, 0) is 55.7 Å². The summed E-state index contributed by atoms with van der Waals surface area (Å²) in [6.07, 6.45) is 6.07. The summed E-state index contributed by atoms with van der Waals surface area (Å²) in [6, 6.07) is 4.31. The van der Waals surface area contributed by atoms with Crippen LogP contribution in [0.3, 0.4) is 0 Å². The molecule has 0 radical (unpaired) electrons. The summed E-state index contributed by atoms with van der Waals surface area (Å²) in [7, 11) is 0. The number of halogens is 1. The van der Waals surface area contributed by atoms with Crippen molar-refractivity contribution in [2.75, 3.05) is 34.8 Å². The molecule has 2 fully saturated rings. The molecule has 2 saturated heterocycles. The Bertz CT molecular complexity index is 1200. The van der Waals surface area contributed by atoms with Gasteiger partial charge in [-0.2, -0.15) is 4.98 Å². The molecule has 0 unspecified atom stereocenters. The number of rotatable bonds is 5. The average Bonchev–Trinajstić information content (AvgIpc) is 2.79. The van der Waals surface area contributed by atoms with Crippen LogP contribution in [0.15, 0.2) is 30.7 Å². The molecule has 180 valence electrons. The first-order valence-electron chi connectivity index (χ1n) is 12.0. The molecule has 0 aliphatic carbocycles. The van der Waals surface area contributed by atoms with E-state index in [1.165, 1.54) is 18.9 Å². The van der Waals surface area contributed by atoms with Gasteiger partial charge in [0.25, 0.3) is 0 Å². The Kier molecular flexibility index (Phi) is 5.75. The van der Waals surface area contributed by atoms with Gasteiger partial charge in [-0.15, -0.1) is 0 Å². The third kappa shape index (κ3) is 4.13. The highest BCUT2D eigenvalue weighted by Crippen LogP contribution is 2.36. The van der Waals surface area contributed by atoms with E-state index >= 15 is 0 Å². The predicted octanol–water partition coefficient (Wildman–Crippen LogP) is 4.18. The maximum absolute atomic E-state index is 14.7. The molecule has 8 nitrogen and oxygen atoms in total. The number of piperidine rings is 1. The SMILES string of the molecule is CC(C)c1cnc(N2CC[C@@H]2C)c2cnc(Nc3ccnc(N4CC[C@@H](O)[C@@](C)(F)C4)n3)cc12. The van der Waals surface area contributed by atoms with Crippen LogP contribution in [0, 0.1) is 0 Å². The zero-order valence-corrected chi connectivity index (χ0v) is 20.2.